The van der Waals surface area contributed by atoms with E-state index < -0.39 is 0 Å². The molecule has 1 heterocycles. The summed E-state index contributed by atoms with van der Waals surface area (Å²) in [6, 6.07) is 4.52. The van der Waals surface area contributed by atoms with Crippen LogP contribution in [0.2, 0.25) is 0 Å². The average Bonchev–Trinajstić information content (AvgIpc) is 2.83. The van der Waals surface area contributed by atoms with Gasteiger partial charge in [-0.2, -0.15) is 0 Å². The summed E-state index contributed by atoms with van der Waals surface area (Å²) >= 11 is 0. The van der Waals surface area contributed by atoms with Gasteiger partial charge in [-0.25, -0.2) is 0 Å². The van der Waals surface area contributed by atoms with E-state index in [2.05, 4.69) is 79.4 Å². The Morgan fingerprint density at radius 2 is 1.56 bits per heavy atom. The quantitative estimate of drug-likeness (QED) is 0.696. The number of aromatic amines is 1. The minimum atomic E-state index is -0.155. The van der Waals surface area contributed by atoms with Crippen LogP contribution in [0.4, 0.5) is 0 Å². The first kappa shape index (κ1) is 21.7. The van der Waals surface area contributed by atoms with Crippen LogP contribution in [0.3, 0.4) is 0 Å². The van der Waals surface area contributed by atoms with Crippen molar-refractivity contribution in [3.63, 3.8) is 0 Å². The zero-order valence-electron chi connectivity index (χ0n) is 18.7. The molecule has 3 nitrogen and oxygen atoms in total. The Morgan fingerprint density at radius 1 is 0.963 bits per heavy atom. The Kier molecular flexibility index (Phi) is 5.69. The molecule has 0 saturated heterocycles. The van der Waals surface area contributed by atoms with E-state index in [4.69, 9.17) is 5.73 Å². The first-order chi connectivity index (χ1) is 12.2. The molecule has 0 saturated carbocycles. The lowest BCUT2D eigenvalue weighted by Crippen LogP contribution is -2.25. The van der Waals surface area contributed by atoms with Crippen LogP contribution in [0.1, 0.15) is 91.1 Å². The molecule has 1 atom stereocenters. The van der Waals surface area contributed by atoms with E-state index in [0.29, 0.717) is 12.8 Å². The molecule has 0 aliphatic rings. The maximum Gasteiger partial charge on any atom is 0.121 e. The van der Waals surface area contributed by atoms with Gasteiger partial charge in [0.05, 0.1) is 0 Å². The van der Waals surface area contributed by atoms with Crippen molar-refractivity contribution in [3.8, 4) is 0 Å². The number of hydrogen-bond acceptors (Lipinski definition) is 2. The fraction of sp³-hybridized carbons (Fsp3) is 0.625. The van der Waals surface area contributed by atoms with E-state index in [1.165, 1.54) is 33.3 Å². The van der Waals surface area contributed by atoms with Crippen LogP contribution in [-0.2, 0) is 27.5 Å². The Balaban J connectivity index is 2.89. The molecule has 27 heavy (non-hydrogen) atoms. The van der Waals surface area contributed by atoms with E-state index in [1.807, 2.05) is 0 Å². The molecule has 0 fully saturated rings. The molecule has 2 rings (SSSR count). The molecule has 2 aromatic rings. The molecular formula is C24H38N2O. The van der Waals surface area contributed by atoms with Crippen LogP contribution in [0.25, 0.3) is 10.9 Å². The molecule has 150 valence electrons. The monoisotopic (exact) mass is 370 g/mol. The fourth-order valence-electron chi connectivity index (χ4n) is 3.74. The number of H-pyrrole nitrogens is 1. The Labute approximate surface area is 165 Å². The molecule has 3 N–H and O–H groups in total. The van der Waals surface area contributed by atoms with Gasteiger partial charge >= 0.3 is 0 Å². The standard InChI is InChI=1S/C24H38N2O/c1-22(2,3)15-12-18(23(4,5)6)20-17(14-16(25)10-11-27)21(24(7,8)9)26-19(20)13-15/h11-13,16,26H,10,14,25H2,1-9H3. The van der Waals surface area contributed by atoms with Crippen LogP contribution in [0.15, 0.2) is 12.1 Å². The van der Waals surface area contributed by atoms with Crippen molar-refractivity contribution in [2.75, 3.05) is 0 Å². The van der Waals surface area contributed by atoms with Crippen molar-refractivity contribution in [2.24, 2.45) is 5.73 Å². The maximum absolute atomic E-state index is 11.0. The second-order valence-corrected chi connectivity index (χ2v) is 11.0. The van der Waals surface area contributed by atoms with Crippen molar-refractivity contribution in [2.45, 2.75) is 97.4 Å². The van der Waals surface area contributed by atoms with Crippen molar-refractivity contribution >= 4 is 17.2 Å². The van der Waals surface area contributed by atoms with Crippen molar-refractivity contribution < 1.29 is 4.79 Å². The predicted octanol–water partition coefficient (Wildman–Crippen LogP) is 5.52. The number of carbonyl (C=O) groups excluding carboxylic acids is 1. The fourth-order valence-corrected chi connectivity index (χ4v) is 3.74. The summed E-state index contributed by atoms with van der Waals surface area (Å²) in [5, 5.41) is 1.29. The number of nitrogens with two attached hydrogens (primary N) is 1. The Morgan fingerprint density at radius 3 is 2.00 bits per heavy atom. The number of aromatic nitrogens is 1. The number of rotatable bonds is 4. The summed E-state index contributed by atoms with van der Waals surface area (Å²) in [4.78, 5) is 14.7. The third kappa shape index (κ3) is 4.63. The highest BCUT2D eigenvalue weighted by Crippen LogP contribution is 2.40. The molecule has 0 bridgehead atoms. The van der Waals surface area contributed by atoms with E-state index in [1.54, 1.807) is 0 Å². The van der Waals surface area contributed by atoms with E-state index in [9.17, 15) is 4.79 Å². The summed E-state index contributed by atoms with van der Waals surface area (Å²) in [7, 11) is 0. The highest BCUT2D eigenvalue weighted by molar-refractivity contribution is 5.90. The molecule has 3 heteroatoms. The molecular weight excluding hydrogens is 332 g/mol. The molecule has 1 aromatic carbocycles. The molecule has 0 spiro atoms. The Bertz CT molecular complexity index is 823. The normalized spacial score (nSPS) is 14.6. The topological polar surface area (TPSA) is 58.9 Å². The number of nitrogens with one attached hydrogen (secondary N) is 1. The minimum absolute atomic E-state index is 0.0142. The van der Waals surface area contributed by atoms with Crippen LogP contribution in [0.5, 0.6) is 0 Å². The van der Waals surface area contributed by atoms with Crippen molar-refractivity contribution in [1.29, 1.82) is 0 Å². The van der Waals surface area contributed by atoms with E-state index in [0.717, 1.165) is 6.29 Å². The molecule has 0 aliphatic heterocycles. The average molecular weight is 371 g/mol. The van der Waals surface area contributed by atoms with Gasteiger partial charge in [-0.3, -0.25) is 0 Å². The smallest absolute Gasteiger partial charge is 0.121 e. The zero-order chi connectivity index (χ0) is 20.8. The highest BCUT2D eigenvalue weighted by atomic mass is 16.1. The highest BCUT2D eigenvalue weighted by Gasteiger charge is 2.29. The van der Waals surface area contributed by atoms with Gasteiger partial charge in [0.25, 0.3) is 0 Å². The number of benzene rings is 1. The van der Waals surface area contributed by atoms with Gasteiger partial charge in [-0.15, -0.1) is 0 Å². The third-order valence-electron chi connectivity index (χ3n) is 5.29. The lowest BCUT2D eigenvalue weighted by molar-refractivity contribution is -0.108. The molecule has 0 amide bonds. The molecule has 1 unspecified atom stereocenters. The van der Waals surface area contributed by atoms with Crippen LogP contribution in [-0.4, -0.2) is 17.3 Å². The maximum atomic E-state index is 11.0. The van der Waals surface area contributed by atoms with Gasteiger partial charge in [0.15, 0.2) is 0 Å². The molecule has 0 aliphatic carbocycles. The second-order valence-electron chi connectivity index (χ2n) is 11.0. The summed E-state index contributed by atoms with van der Waals surface area (Å²) < 4.78 is 0. The van der Waals surface area contributed by atoms with Crippen LogP contribution < -0.4 is 5.73 Å². The first-order valence-electron chi connectivity index (χ1n) is 10.1. The van der Waals surface area contributed by atoms with E-state index in [-0.39, 0.29) is 22.3 Å². The lowest BCUT2D eigenvalue weighted by atomic mass is 9.77. The van der Waals surface area contributed by atoms with Crippen LogP contribution in [0, 0.1) is 0 Å². The van der Waals surface area contributed by atoms with Gasteiger partial charge in [0, 0.05) is 34.5 Å². The number of carbonyl (C=O) groups is 1. The van der Waals surface area contributed by atoms with Gasteiger partial charge < -0.3 is 15.5 Å². The summed E-state index contributed by atoms with van der Waals surface area (Å²) in [5.41, 5.74) is 12.7. The van der Waals surface area contributed by atoms with Crippen LogP contribution >= 0.6 is 0 Å². The zero-order valence-corrected chi connectivity index (χ0v) is 18.7. The SMILES string of the molecule is CC(C)(C)c1cc(C(C)(C)C)c2c(CC(N)CC=O)c(C(C)(C)C)[nH]c2c1. The van der Waals surface area contributed by atoms with Crippen molar-refractivity contribution in [1.82, 2.24) is 4.98 Å². The lowest BCUT2D eigenvalue weighted by Gasteiger charge is -2.27. The predicted molar refractivity (Wildman–Crippen MR) is 117 cm³/mol. The van der Waals surface area contributed by atoms with E-state index >= 15 is 0 Å². The number of aldehydes is 1. The third-order valence-corrected chi connectivity index (χ3v) is 5.29. The summed E-state index contributed by atoms with van der Waals surface area (Å²) in [6.45, 7) is 20.3. The van der Waals surface area contributed by atoms with Gasteiger partial charge in [0.1, 0.15) is 6.29 Å². The molecule has 1 aromatic heterocycles. The molecule has 0 radical (unpaired) electrons. The minimum Gasteiger partial charge on any atom is -0.358 e. The summed E-state index contributed by atoms with van der Waals surface area (Å²) in [5.74, 6) is 0. The second kappa shape index (κ2) is 7.09. The van der Waals surface area contributed by atoms with Gasteiger partial charge in [-0.1, -0.05) is 68.4 Å². The summed E-state index contributed by atoms with van der Waals surface area (Å²) in [6.07, 6.45) is 2.03. The van der Waals surface area contributed by atoms with Gasteiger partial charge in [0.2, 0.25) is 0 Å². The first-order valence-corrected chi connectivity index (χ1v) is 10.1. The Hall–Kier alpha value is -1.61. The van der Waals surface area contributed by atoms with Gasteiger partial charge in [-0.05, 0) is 40.0 Å². The number of fused-ring (bicyclic) bond motifs is 1. The number of hydrogen-bond donors (Lipinski definition) is 2. The van der Waals surface area contributed by atoms with Crippen molar-refractivity contribution in [3.05, 3.63) is 34.5 Å². The largest absolute Gasteiger partial charge is 0.358 e.